The Morgan fingerprint density at radius 2 is 2.00 bits per heavy atom. The van der Waals surface area contributed by atoms with Crippen LogP contribution >= 0.6 is 15.9 Å². The van der Waals surface area contributed by atoms with Crippen molar-refractivity contribution < 1.29 is 13.5 Å². The van der Waals surface area contributed by atoms with Gasteiger partial charge in [0.2, 0.25) is 10.0 Å². The first kappa shape index (κ1) is 15.8. The fraction of sp³-hybridized carbons (Fsp3) is 0.143. The lowest BCUT2D eigenvalue weighted by Gasteiger charge is -2.12. The molecule has 0 amide bonds. The van der Waals surface area contributed by atoms with Crippen molar-refractivity contribution in [3.05, 3.63) is 52.0 Å². The number of sulfonamides is 1. The third-order valence-corrected chi connectivity index (χ3v) is 4.63. The van der Waals surface area contributed by atoms with Crippen LogP contribution in [0.25, 0.3) is 0 Å². The lowest BCUT2D eigenvalue weighted by atomic mass is 10.1. The third kappa shape index (κ3) is 3.75. The highest BCUT2D eigenvalue weighted by Gasteiger charge is 2.10. The Kier molecular flexibility index (Phi) is 4.55. The van der Waals surface area contributed by atoms with Gasteiger partial charge in [-0.15, -0.1) is 0 Å². The molecular formula is C14H15BrN2O3S. The van der Waals surface area contributed by atoms with Crippen LogP contribution in [-0.4, -0.2) is 13.5 Å². The van der Waals surface area contributed by atoms with Gasteiger partial charge in [-0.2, -0.15) is 0 Å². The second-order valence-electron chi connectivity index (χ2n) is 4.62. The van der Waals surface area contributed by atoms with Gasteiger partial charge in [0.15, 0.2) is 0 Å². The standard InChI is InChI=1S/C14H15BrN2O3S/c1-9-5-6-11(21(16,19)20)7-13(9)17-8-10-3-2-4-12(15)14(10)18/h2-7,17-18H,8H2,1H3,(H2,16,19,20). The molecule has 7 heteroatoms. The summed E-state index contributed by atoms with van der Waals surface area (Å²) in [6.45, 7) is 2.22. The van der Waals surface area contributed by atoms with E-state index in [-0.39, 0.29) is 10.6 Å². The minimum atomic E-state index is -3.74. The number of benzene rings is 2. The molecule has 0 aliphatic heterocycles. The van der Waals surface area contributed by atoms with E-state index in [1.165, 1.54) is 12.1 Å². The molecule has 0 saturated carbocycles. The molecule has 0 fully saturated rings. The van der Waals surface area contributed by atoms with Crippen molar-refractivity contribution in [2.45, 2.75) is 18.4 Å². The van der Waals surface area contributed by atoms with Crippen molar-refractivity contribution in [3.63, 3.8) is 0 Å². The number of nitrogens with one attached hydrogen (secondary N) is 1. The molecule has 2 aromatic carbocycles. The molecule has 0 heterocycles. The van der Waals surface area contributed by atoms with E-state index in [0.29, 0.717) is 22.3 Å². The number of aromatic hydroxyl groups is 1. The van der Waals surface area contributed by atoms with Gasteiger partial charge in [0.05, 0.1) is 9.37 Å². The van der Waals surface area contributed by atoms with Crippen LogP contribution in [0.2, 0.25) is 0 Å². The number of para-hydroxylation sites is 1. The predicted molar refractivity (Wildman–Crippen MR) is 85.7 cm³/mol. The van der Waals surface area contributed by atoms with Gasteiger partial charge in [-0.25, -0.2) is 13.6 Å². The van der Waals surface area contributed by atoms with Crippen LogP contribution in [0.1, 0.15) is 11.1 Å². The molecule has 0 aliphatic rings. The molecule has 0 radical (unpaired) electrons. The molecule has 4 N–H and O–H groups in total. The van der Waals surface area contributed by atoms with Gasteiger partial charge in [-0.3, -0.25) is 0 Å². The molecule has 0 atom stereocenters. The van der Waals surface area contributed by atoms with Gasteiger partial charge >= 0.3 is 0 Å². The van der Waals surface area contributed by atoms with Crippen LogP contribution in [0.15, 0.2) is 45.8 Å². The Labute approximate surface area is 132 Å². The van der Waals surface area contributed by atoms with Crippen molar-refractivity contribution in [3.8, 4) is 5.75 Å². The topological polar surface area (TPSA) is 92.4 Å². The van der Waals surface area contributed by atoms with E-state index in [9.17, 15) is 13.5 Å². The Bertz CT molecular complexity index is 776. The number of anilines is 1. The first-order chi connectivity index (χ1) is 9.79. The molecule has 0 saturated heterocycles. The molecule has 0 spiro atoms. The minimum Gasteiger partial charge on any atom is -0.506 e. The van der Waals surface area contributed by atoms with E-state index in [1.807, 2.05) is 13.0 Å². The maximum Gasteiger partial charge on any atom is 0.238 e. The lowest BCUT2D eigenvalue weighted by molar-refractivity contribution is 0.465. The number of hydrogen-bond donors (Lipinski definition) is 3. The molecule has 0 aromatic heterocycles. The molecule has 5 nitrogen and oxygen atoms in total. The smallest absolute Gasteiger partial charge is 0.238 e. The number of phenolic OH excluding ortho intramolecular Hbond substituents is 1. The highest BCUT2D eigenvalue weighted by molar-refractivity contribution is 9.10. The van der Waals surface area contributed by atoms with Gasteiger partial charge in [0, 0.05) is 17.8 Å². The zero-order valence-corrected chi connectivity index (χ0v) is 13.7. The van der Waals surface area contributed by atoms with Crippen molar-refractivity contribution in [1.82, 2.24) is 0 Å². The molecule has 2 rings (SSSR count). The van der Waals surface area contributed by atoms with E-state index in [1.54, 1.807) is 18.2 Å². The van der Waals surface area contributed by atoms with Crippen LogP contribution in [0.3, 0.4) is 0 Å². The predicted octanol–water partition coefficient (Wildman–Crippen LogP) is 2.72. The summed E-state index contributed by atoms with van der Waals surface area (Å²) < 4.78 is 23.4. The summed E-state index contributed by atoms with van der Waals surface area (Å²) in [4.78, 5) is 0.0501. The third-order valence-electron chi connectivity index (χ3n) is 3.08. The number of rotatable bonds is 4. The average Bonchev–Trinajstić information content (AvgIpc) is 2.40. The van der Waals surface area contributed by atoms with Crippen molar-refractivity contribution in [1.29, 1.82) is 0 Å². The van der Waals surface area contributed by atoms with E-state index < -0.39 is 10.0 Å². The fourth-order valence-corrected chi connectivity index (χ4v) is 2.81. The minimum absolute atomic E-state index is 0.0501. The Balaban J connectivity index is 2.26. The summed E-state index contributed by atoms with van der Waals surface area (Å²) in [7, 11) is -3.74. The summed E-state index contributed by atoms with van der Waals surface area (Å²) in [5, 5.41) is 18.2. The van der Waals surface area contributed by atoms with Crippen LogP contribution in [0, 0.1) is 6.92 Å². The van der Waals surface area contributed by atoms with Crippen LogP contribution in [0.4, 0.5) is 5.69 Å². The average molecular weight is 371 g/mol. The van der Waals surface area contributed by atoms with Gasteiger partial charge in [0.1, 0.15) is 5.75 Å². The summed E-state index contributed by atoms with van der Waals surface area (Å²) in [6, 6.07) is 9.97. The molecule has 2 aromatic rings. The number of hydrogen-bond acceptors (Lipinski definition) is 4. The van der Waals surface area contributed by atoms with E-state index >= 15 is 0 Å². The number of primary sulfonamides is 1. The van der Waals surface area contributed by atoms with E-state index in [0.717, 1.165) is 5.56 Å². The summed E-state index contributed by atoms with van der Waals surface area (Å²) in [6.07, 6.45) is 0. The molecule has 112 valence electrons. The Morgan fingerprint density at radius 1 is 1.29 bits per heavy atom. The zero-order valence-electron chi connectivity index (χ0n) is 11.3. The molecule has 0 aliphatic carbocycles. The zero-order chi connectivity index (χ0) is 15.6. The molecule has 0 unspecified atom stereocenters. The lowest BCUT2D eigenvalue weighted by Crippen LogP contribution is -2.13. The maximum atomic E-state index is 11.4. The SMILES string of the molecule is Cc1ccc(S(N)(=O)=O)cc1NCc1cccc(Br)c1O. The molecule has 0 bridgehead atoms. The van der Waals surface area contributed by atoms with Gasteiger partial charge < -0.3 is 10.4 Å². The highest BCUT2D eigenvalue weighted by atomic mass is 79.9. The number of aryl methyl sites for hydroxylation is 1. The molecule has 21 heavy (non-hydrogen) atoms. The van der Waals surface area contributed by atoms with Crippen LogP contribution < -0.4 is 10.5 Å². The fourth-order valence-electron chi connectivity index (χ4n) is 1.86. The largest absolute Gasteiger partial charge is 0.506 e. The Hall–Kier alpha value is -1.57. The van der Waals surface area contributed by atoms with Gasteiger partial charge in [-0.05, 0) is 46.6 Å². The number of halogens is 1. The van der Waals surface area contributed by atoms with E-state index in [4.69, 9.17) is 5.14 Å². The van der Waals surface area contributed by atoms with Crippen molar-refractivity contribution >= 4 is 31.6 Å². The first-order valence-corrected chi connectivity index (χ1v) is 8.46. The monoisotopic (exact) mass is 370 g/mol. The summed E-state index contributed by atoms with van der Waals surface area (Å²) >= 11 is 3.25. The van der Waals surface area contributed by atoms with Crippen LogP contribution in [0.5, 0.6) is 5.75 Å². The second-order valence-corrected chi connectivity index (χ2v) is 7.04. The summed E-state index contributed by atoms with van der Waals surface area (Å²) in [5.41, 5.74) is 2.24. The highest BCUT2D eigenvalue weighted by Crippen LogP contribution is 2.28. The Morgan fingerprint density at radius 3 is 2.67 bits per heavy atom. The summed E-state index contributed by atoms with van der Waals surface area (Å²) in [5.74, 6) is 0.158. The van der Waals surface area contributed by atoms with Crippen molar-refractivity contribution in [2.24, 2.45) is 5.14 Å². The quantitative estimate of drug-likeness (QED) is 0.771. The molecular weight excluding hydrogens is 356 g/mol. The van der Waals surface area contributed by atoms with Crippen LogP contribution in [-0.2, 0) is 16.6 Å². The van der Waals surface area contributed by atoms with Gasteiger partial charge in [-0.1, -0.05) is 18.2 Å². The second kappa shape index (κ2) is 6.05. The normalized spacial score (nSPS) is 11.4. The first-order valence-electron chi connectivity index (χ1n) is 6.12. The number of nitrogens with two attached hydrogens (primary N) is 1. The van der Waals surface area contributed by atoms with E-state index in [2.05, 4.69) is 21.2 Å². The van der Waals surface area contributed by atoms with Gasteiger partial charge in [0.25, 0.3) is 0 Å². The number of phenols is 1. The van der Waals surface area contributed by atoms with Crippen molar-refractivity contribution in [2.75, 3.05) is 5.32 Å². The maximum absolute atomic E-state index is 11.4.